The van der Waals surface area contributed by atoms with E-state index in [1.165, 1.54) is 6.26 Å². The molecular weight excluding hydrogens is 594 g/mol. The Morgan fingerprint density at radius 3 is 2.54 bits per heavy atom. The van der Waals surface area contributed by atoms with E-state index >= 15 is 0 Å². The molecule has 1 aliphatic rings. The molecule has 2 aromatic carbocycles. The van der Waals surface area contributed by atoms with Crippen molar-refractivity contribution in [3.63, 3.8) is 0 Å². The quantitative estimate of drug-likeness (QED) is 0.119. The van der Waals surface area contributed by atoms with Gasteiger partial charge in [-0.1, -0.05) is 24.3 Å². The Labute approximate surface area is 267 Å². The molecule has 1 aliphatic heterocycles. The maximum atomic E-state index is 13.6. The van der Waals surface area contributed by atoms with Crippen LogP contribution in [0.1, 0.15) is 44.1 Å². The molecule has 0 bridgehead atoms. The number of rotatable bonds is 18. The van der Waals surface area contributed by atoms with E-state index in [1.807, 2.05) is 6.92 Å². The number of carbonyl (C=O) groups excluding carboxylic acids is 2. The number of nitrogens with one attached hydrogen (secondary N) is 2. The van der Waals surface area contributed by atoms with E-state index in [1.54, 1.807) is 54.6 Å². The molecule has 0 unspecified atom stereocenters. The van der Waals surface area contributed by atoms with E-state index in [2.05, 4.69) is 10.6 Å². The number of nitrogen functional groups attached to an aromatic ring is 1. The summed E-state index contributed by atoms with van der Waals surface area (Å²) in [6.07, 6.45) is 4.12. The standard InChI is InChI=1S/C34H43N3O9/c1-2-44-34-23(14-17-42-19-20-43-18-16-38)25(26-22-45-29-12-6-3-9-24(29)32(26)40)21-30(46-34)33(41)36-15-8-7-13-31(39)37-28-11-5-4-10-27(28)35/h3-6,9-12,21-23,25,34,38H,2,7-8,13-20,35H2,1H3,(H,36,41)(H,37,39)/t23-,25-,34+/m0/s1. The molecule has 248 valence electrons. The summed E-state index contributed by atoms with van der Waals surface area (Å²) in [5, 5.41) is 15.0. The van der Waals surface area contributed by atoms with Gasteiger partial charge in [0.25, 0.3) is 5.91 Å². The Morgan fingerprint density at radius 2 is 1.76 bits per heavy atom. The summed E-state index contributed by atoms with van der Waals surface area (Å²) in [4.78, 5) is 39.2. The van der Waals surface area contributed by atoms with Gasteiger partial charge in [0.1, 0.15) is 5.58 Å². The number of amides is 2. The molecule has 46 heavy (non-hydrogen) atoms. The van der Waals surface area contributed by atoms with Gasteiger partial charge < -0.3 is 44.8 Å². The third-order valence-corrected chi connectivity index (χ3v) is 7.56. The Hall–Kier alpha value is -4.23. The lowest BCUT2D eigenvalue weighted by atomic mass is 9.81. The van der Waals surface area contributed by atoms with Gasteiger partial charge in [-0.2, -0.15) is 0 Å². The van der Waals surface area contributed by atoms with Crippen LogP contribution in [0.2, 0.25) is 0 Å². The Balaban J connectivity index is 1.43. The van der Waals surface area contributed by atoms with E-state index in [9.17, 15) is 14.4 Å². The number of ether oxygens (including phenoxy) is 4. The van der Waals surface area contributed by atoms with E-state index < -0.39 is 18.1 Å². The van der Waals surface area contributed by atoms with Crippen molar-refractivity contribution >= 4 is 34.2 Å². The first-order valence-corrected chi connectivity index (χ1v) is 15.6. The van der Waals surface area contributed by atoms with E-state index in [0.29, 0.717) is 80.1 Å². The minimum absolute atomic E-state index is 0.0443. The highest BCUT2D eigenvalue weighted by Crippen LogP contribution is 2.38. The highest BCUT2D eigenvalue weighted by Gasteiger charge is 2.39. The van der Waals surface area contributed by atoms with Crippen LogP contribution in [0.4, 0.5) is 11.4 Å². The number of aliphatic hydroxyl groups excluding tert-OH is 1. The summed E-state index contributed by atoms with van der Waals surface area (Å²) in [7, 11) is 0. The molecule has 12 nitrogen and oxygen atoms in total. The molecule has 2 amide bonds. The van der Waals surface area contributed by atoms with E-state index in [-0.39, 0.29) is 42.6 Å². The number of carbonyl (C=O) groups is 2. The Bertz CT molecular complexity index is 1520. The fourth-order valence-electron chi connectivity index (χ4n) is 5.25. The molecule has 1 aromatic heterocycles. The molecule has 0 spiro atoms. The Morgan fingerprint density at radius 1 is 1.00 bits per heavy atom. The first-order chi connectivity index (χ1) is 22.4. The molecule has 0 saturated heterocycles. The van der Waals surface area contributed by atoms with Crippen LogP contribution in [-0.2, 0) is 28.5 Å². The monoisotopic (exact) mass is 637 g/mol. The third kappa shape index (κ3) is 9.63. The van der Waals surface area contributed by atoms with Gasteiger partial charge in [0, 0.05) is 43.6 Å². The maximum absolute atomic E-state index is 13.6. The lowest BCUT2D eigenvalue weighted by molar-refractivity contribution is -0.168. The summed E-state index contributed by atoms with van der Waals surface area (Å²) in [5.74, 6) is -1.49. The van der Waals surface area contributed by atoms with Gasteiger partial charge in [-0.3, -0.25) is 14.4 Å². The molecule has 0 saturated carbocycles. The van der Waals surface area contributed by atoms with Crippen molar-refractivity contribution in [2.24, 2.45) is 5.92 Å². The molecule has 5 N–H and O–H groups in total. The van der Waals surface area contributed by atoms with Crippen LogP contribution in [0.25, 0.3) is 11.0 Å². The third-order valence-electron chi connectivity index (χ3n) is 7.56. The summed E-state index contributed by atoms with van der Waals surface area (Å²) in [6.45, 7) is 3.65. The van der Waals surface area contributed by atoms with Crippen LogP contribution in [-0.4, -0.2) is 69.4 Å². The van der Waals surface area contributed by atoms with E-state index in [4.69, 9.17) is 34.2 Å². The van der Waals surface area contributed by atoms with E-state index in [0.717, 1.165) is 0 Å². The molecule has 2 heterocycles. The fourth-order valence-corrected chi connectivity index (χ4v) is 5.25. The molecule has 0 radical (unpaired) electrons. The molecule has 0 aliphatic carbocycles. The number of hydrogen-bond acceptors (Lipinski definition) is 10. The van der Waals surface area contributed by atoms with Crippen LogP contribution in [0.15, 0.2) is 75.8 Å². The predicted molar refractivity (Wildman–Crippen MR) is 173 cm³/mol. The zero-order chi connectivity index (χ0) is 32.7. The molecule has 3 aromatic rings. The van der Waals surface area contributed by atoms with Crippen molar-refractivity contribution in [3.8, 4) is 0 Å². The van der Waals surface area contributed by atoms with Crippen LogP contribution < -0.4 is 21.8 Å². The van der Waals surface area contributed by atoms with Gasteiger partial charge in [0.2, 0.25) is 12.2 Å². The average molecular weight is 638 g/mol. The number of benzene rings is 2. The van der Waals surface area contributed by atoms with Gasteiger partial charge >= 0.3 is 0 Å². The lowest BCUT2D eigenvalue weighted by Crippen LogP contribution is -2.40. The summed E-state index contributed by atoms with van der Waals surface area (Å²) in [6, 6.07) is 14.1. The normalized spacial score (nSPS) is 17.7. The average Bonchev–Trinajstić information content (AvgIpc) is 3.06. The van der Waals surface area contributed by atoms with Crippen LogP contribution >= 0.6 is 0 Å². The van der Waals surface area contributed by atoms with Crippen molar-refractivity contribution < 1.29 is 38.1 Å². The van der Waals surface area contributed by atoms with Crippen molar-refractivity contribution in [1.82, 2.24) is 5.32 Å². The zero-order valence-corrected chi connectivity index (χ0v) is 26.1. The topological polar surface area (TPSA) is 172 Å². The van der Waals surface area contributed by atoms with Gasteiger partial charge in [-0.25, -0.2) is 0 Å². The van der Waals surface area contributed by atoms with Crippen LogP contribution in [0, 0.1) is 5.92 Å². The zero-order valence-electron chi connectivity index (χ0n) is 26.1. The minimum atomic E-state index is -0.824. The van der Waals surface area contributed by atoms with Gasteiger partial charge in [-0.15, -0.1) is 0 Å². The fraction of sp³-hybridized carbons (Fsp3) is 0.441. The largest absolute Gasteiger partial charge is 0.464 e. The van der Waals surface area contributed by atoms with Crippen molar-refractivity contribution in [1.29, 1.82) is 0 Å². The second kappa shape index (κ2) is 18.1. The summed E-state index contributed by atoms with van der Waals surface area (Å²) >= 11 is 0. The molecule has 3 atom stereocenters. The number of allylic oxidation sites excluding steroid dienone is 1. The molecule has 12 heteroatoms. The number of anilines is 2. The maximum Gasteiger partial charge on any atom is 0.286 e. The number of nitrogens with two attached hydrogens (primary N) is 1. The van der Waals surface area contributed by atoms with Crippen molar-refractivity contribution in [2.75, 3.05) is 57.2 Å². The number of aliphatic hydroxyl groups is 1. The number of fused-ring (bicyclic) bond motifs is 1. The van der Waals surface area contributed by atoms with Crippen LogP contribution in [0.5, 0.6) is 0 Å². The predicted octanol–water partition coefficient (Wildman–Crippen LogP) is 3.69. The molecular formula is C34H43N3O9. The van der Waals surface area contributed by atoms with Crippen molar-refractivity contribution in [2.45, 2.75) is 44.8 Å². The van der Waals surface area contributed by atoms with Gasteiger partial charge in [-0.05, 0) is 56.5 Å². The van der Waals surface area contributed by atoms with Crippen LogP contribution in [0.3, 0.4) is 0 Å². The number of para-hydroxylation sites is 3. The highest BCUT2D eigenvalue weighted by atomic mass is 16.7. The molecule has 0 fully saturated rings. The number of hydrogen-bond donors (Lipinski definition) is 4. The molecule has 4 rings (SSSR count). The summed E-state index contributed by atoms with van der Waals surface area (Å²) in [5.41, 5.74) is 7.61. The first-order valence-electron chi connectivity index (χ1n) is 15.6. The minimum Gasteiger partial charge on any atom is -0.464 e. The smallest absolute Gasteiger partial charge is 0.286 e. The first kappa shape index (κ1) is 34.6. The van der Waals surface area contributed by atoms with Gasteiger partial charge in [0.15, 0.2) is 11.2 Å². The number of unbranched alkanes of at least 4 members (excludes halogenated alkanes) is 1. The SMILES string of the molecule is CCO[C@@H]1OC(C(=O)NCCCCC(=O)Nc2ccccc2N)=C[C@H](c2coc3ccccc3c2=O)[C@@H]1CCOCCOCCO. The lowest BCUT2D eigenvalue weighted by Gasteiger charge is -2.36. The summed E-state index contributed by atoms with van der Waals surface area (Å²) < 4.78 is 28.9. The second-order valence-corrected chi connectivity index (χ2v) is 10.8. The highest BCUT2D eigenvalue weighted by molar-refractivity contribution is 5.94. The van der Waals surface area contributed by atoms with Crippen molar-refractivity contribution in [3.05, 3.63) is 82.4 Å². The second-order valence-electron chi connectivity index (χ2n) is 10.8. The van der Waals surface area contributed by atoms with Gasteiger partial charge in [0.05, 0.1) is 49.5 Å². The Kier molecular flexibility index (Phi) is 13.6.